The van der Waals surface area contributed by atoms with Crippen LogP contribution in [0.15, 0.2) is 28.6 Å². The average molecular weight is 344 g/mol. The van der Waals surface area contributed by atoms with Crippen LogP contribution in [0.1, 0.15) is 28.9 Å². The van der Waals surface area contributed by atoms with Gasteiger partial charge in [-0.05, 0) is 37.3 Å². The van der Waals surface area contributed by atoms with Gasteiger partial charge in [0.1, 0.15) is 0 Å². The number of aromatic nitrogens is 3. The SMILES string of the molecule is Nc1nnc(SCC(=O)n2c3c(c4ccccc42)CCCC3)s1. The predicted molar refractivity (Wildman–Crippen MR) is 94.3 cm³/mol. The van der Waals surface area contributed by atoms with Gasteiger partial charge in [0, 0.05) is 11.1 Å². The van der Waals surface area contributed by atoms with Gasteiger partial charge in [-0.25, -0.2) is 0 Å². The van der Waals surface area contributed by atoms with Crippen LogP contribution < -0.4 is 5.73 Å². The van der Waals surface area contributed by atoms with Crippen molar-refractivity contribution >= 4 is 45.0 Å². The molecule has 0 saturated carbocycles. The summed E-state index contributed by atoms with van der Waals surface area (Å²) in [5, 5.41) is 9.41. The van der Waals surface area contributed by atoms with Gasteiger partial charge in [-0.1, -0.05) is 41.3 Å². The van der Waals surface area contributed by atoms with Crippen LogP contribution in [0.3, 0.4) is 0 Å². The van der Waals surface area contributed by atoms with Crippen molar-refractivity contribution < 1.29 is 4.79 Å². The van der Waals surface area contributed by atoms with Crippen molar-refractivity contribution in [2.75, 3.05) is 11.5 Å². The highest BCUT2D eigenvalue weighted by atomic mass is 32.2. The molecule has 3 aromatic rings. The van der Waals surface area contributed by atoms with Crippen LogP contribution in [0.2, 0.25) is 0 Å². The molecule has 0 fully saturated rings. The molecule has 0 amide bonds. The molecule has 4 rings (SSSR count). The first-order valence-electron chi connectivity index (χ1n) is 7.60. The molecular formula is C16H16N4OS2. The van der Waals surface area contributed by atoms with Crippen LogP contribution in [-0.4, -0.2) is 26.4 Å². The summed E-state index contributed by atoms with van der Waals surface area (Å²) in [5.41, 5.74) is 9.16. The van der Waals surface area contributed by atoms with Crippen LogP contribution in [0.5, 0.6) is 0 Å². The number of hydrogen-bond acceptors (Lipinski definition) is 6. The summed E-state index contributed by atoms with van der Waals surface area (Å²) < 4.78 is 2.66. The molecule has 0 atom stereocenters. The number of nitrogen functional groups attached to an aromatic ring is 1. The Kier molecular flexibility index (Phi) is 3.82. The molecule has 23 heavy (non-hydrogen) atoms. The first-order chi connectivity index (χ1) is 11.2. The molecule has 0 spiro atoms. The largest absolute Gasteiger partial charge is 0.374 e. The number of benzene rings is 1. The van der Waals surface area contributed by atoms with Crippen LogP contribution in [0.25, 0.3) is 10.9 Å². The van der Waals surface area contributed by atoms with Gasteiger partial charge in [0.15, 0.2) is 4.34 Å². The maximum atomic E-state index is 12.8. The van der Waals surface area contributed by atoms with E-state index in [0.29, 0.717) is 10.9 Å². The predicted octanol–water partition coefficient (Wildman–Crippen LogP) is 3.39. The Morgan fingerprint density at radius 1 is 1.26 bits per heavy atom. The van der Waals surface area contributed by atoms with Crippen molar-refractivity contribution in [1.29, 1.82) is 0 Å². The van der Waals surface area contributed by atoms with Gasteiger partial charge in [0.2, 0.25) is 11.0 Å². The minimum Gasteiger partial charge on any atom is -0.374 e. The normalized spacial score (nSPS) is 14.1. The molecule has 5 nitrogen and oxygen atoms in total. The third-order valence-corrected chi connectivity index (χ3v) is 6.04. The Balaban J connectivity index is 1.68. The van der Waals surface area contributed by atoms with Crippen molar-refractivity contribution in [2.24, 2.45) is 0 Å². The van der Waals surface area contributed by atoms with E-state index in [9.17, 15) is 4.79 Å². The molecule has 1 aromatic carbocycles. The van der Waals surface area contributed by atoms with Gasteiger partial charge in [-0.3, -0.25) is 9.36 Å². The molecule has 0 unspecified atom stereocenters. The van der Waals surface area contributed by atoms with Crippen LogP contribution in [-0.2, 0) is 12.8 Å². The number of rotatable bonds is 3. The Hall–Kier alpha value is -1.86. The van der Waals surface area contributed by atoms with Gasteiger partial charge >= 0.3 is 0 Å². The van der Waals surface area contributed by atoms with Crippen molar-refractivity contribution in [1.82, 2.24) is 14.8 Å². The van der Waals surface area contributed by atoms with Gasteiger partial charge < -0.3 is 5.73 Å². The third kappa shape index (κ3) is 2.64. The highest BCUT2D eigenvalue weighted by Crippen LogP contribution is 2.33. The number of thioether (sulfide) groups is 1. The third-order valence-electron chi connectivity index (χ3n) is 4.17. The van der Waals surface area contributed by atoms with E-state index in [4.69, 9.17) is 5.73 Å². The maximum absolute atomic E-state index is 12.8. The summed E-state index contributed by atoms with van der Waals surface area (Å²) in [4.78, 5) is 12.8. The molecule has 118 valence electrons. The minimum atomic E-state index is 0.100. The minimum absolute atomic E-state index is 0.100. The Labute approximate surface area is 141 Å². The number of nitrogens with zero attached hydrogens (tertiary/aromatic N) is 3. The van der Waals surface area contributed by atoms with Crippen LogP contribution in [0, 0.1) is 0 Å². The van der Waals surface area contributed by atoms with Gasteiger partial charge in [0.25, 0.3) is 0 Å². The maximum Gasteiger partial charge on any atom is 0.241 e. The van der Waals surface area contributed by atoms with E-state index in [0.717, 1.165) is 29.1 Å². The van der Waals surface area contributed by atoms with Gasteiger partial charge in [-0.15, -0.1) is 10.2 Å². The standard InChI is InChI=1S/C16H16N4OS2/c17-15-18-19-16(23-15)22-9-14(21)20-12-7-3-1-5-10(12)11-6-2-4-8-13(11)20/h1,3,5,7H,2,4,6,8-9H2,(H2,17,18). The highest BCUT2D eigenvalue weighted by molar-refractivity contribution is 8.01. The lowest BCUT2D eigenvalue weighted by Crippen LogP contribution is -2.18. The molecule has 7 heteroatoms. The summed E-state index contributed by atoms with van der Waals surface area (Å²) >= 11 is 2.72. The fraction of sp³-hybridized carbons (Fsp3) is 0.312. The average Bonchev–Trinajstić information content (AvgIpc) is 3.14. The monoisotopic (exact) mass is 344 g/mol. The first kappa shape index (κ1) is 14.7. The second-order valence-corrected chi connectivity index (χ2v) is 7.81. The lowest BCUT2D eigenvalue weighted by molar-refractivity contribution is 0.0943. The lowest BCUT2D eigenvalue weighted by Gasteiger charge is -2.14. The number of nitrogens with two attached hydrogens (primary N) is 1. The molecule has 0 bridgehead atoms. The zero-order valence-corrected chi connectivity index (χ0v) is 14.1. The number of aryl methyl sites for hydroxylation is 1. The Bertz CT molecular complexity index is 883. The molecule has 0 saturated heterocycles. The highest BCUT2D eigenvalue weighted by Gasteiger charge is 2.23. The first-order valence-corrected chi connectivity index (χ1v) is 9.40. The fourth-order valence-corrected chi connectivity index (χ4v) is 4.73. The lowest BCUT2D eigenvalue weighted by atomic mass is 9.96. The number of para-hydroxylation sites is 1. The van der Waals surface area contributed by atoms with E-state index in [1.807, 2.05) is 22.8 Å². The second-order valence-electron chi connectivity index (χ2n) is 5.57. The van der Waals surface area contributed by atoms with Crippen LogP contribution >= 0.6 is 23.1 Å². The van der Waals surface area contributed by atoms with Crippen molar-refractivity contribution in [3.63, 3.8) is 0 Å². The molecule has 2 heterocycles. The Morgan fingerprint density at radius 3 is 2.91 bits per heavy atom. The number of hydrogen-bond donors (Lipinski definition) is 1. The van der Waals surface area contributed by atoms with Crippen molar-refractivity contribution in [2.45, 2.75) is 30.0 Å². The zero-order valence-electron chi connectivity index (χ0n) is 12.5. The molecule has 2 aromatic heterocycles. The topological polar surface area (TPSA) is 73.8 Å². The van der Waals surface area contributed by atoms with E-state index in [1.165, 1.54) is 46.2 Å². The summed E-state index contributed by atoms with van der Waals surface area (Å²) in [7, 11) is 0. The number of carbonyl (C=O) groups excluding carboxylic acids is 1. The van der Waals surface area contributed by atoms with Gasteiger partial charge in [0.05, 0.1) is 11.3 Å². The molecule has 0 aliphatic heterocycles. The molecule has 2 N–H and O–H groups in total. The number of fused-ring (bicyclic) bond motifs is 3. The quantitative estimate of drug-likeness (QED) is 0.737. The summed E-state index contributed by atoms with van der Waals surface area (Å²) in [5.74, 6) is 0.447. The van der Waals surface area contributed by atoms with Crippen LogP contribution in [0.4, 0.5) is 5.13 Å². The summed E-state index contributed by atoms with van der Waals surface area (Å²) in [6.45, 7) is 0. The second kappa shape index (κ2) is 5.98. The summed E-state index contributed by atoms with van der Waals surface area (Å²) in [6, 6.07) is 8.21. The van der Waals surface area contributed by atoms with E-state index >= 15 is 0 Å². The molecule has 1 aliphatic rings. The Morgan fingerprint density at radius 2 is 2.09 bits per heavy atom. The van der Waals surface area contributed by atoms with E-state index in [1.54, 1.807) is 0 Å². The van der Waals surface area contributed by atoms with E-state index in [-0.39, 0.29) is 5.91 Å². The fourth-order valence-electron chi connectivity index (χ4n) is 3.25. The smallest absolute Gasteiger partial charge is 0.241 e. The summed E-state index contributed by atoms with van der Waals surface area (Å²) in [6.07, 6.45) is 4.40. The van der Waals surface area contributed by atoms with E-state index < -0.39 is 0 Å². The molecular weight excluding hydrogens is 328 g/mol. The number of anilines is 1. The molecule has 0 radical (unpaired) electrons. The van der Waals surface area contributed by atoms with Crippen molar-refractivity contribution in [3.05, 3.63) is 35.5 Å². The molecule has 1 aliphatic carbocycles. The van der Waals surface area contributed by atoms with Gasteiger partial charge in [-0.2, -0.15) is 0 Å². The van der Waals surface area contributed by atoms with Crippen molar-refractivity contribution in [3.8, 4) is 0 Å². The zero-order chi connectivity index (χ0) is 15.8. The number of carbonyl (C=O) groups is 1. The van der Waals surface area contributed by atoms with E-state index in [2.05, 4.69) is 16.3 Å².